The lowest BCUT2D eigenvalue weighted by molar-refractivity contribution is -0.129. The van der Waals surface area contributed by atoms with Crippen LogP contribution in [0.4, 0.5) is 5.69 Å². The molecule has 0 aliphatic carbocycles. The summed E-state index contributed by atoms with van der Waals surface area (Å²) in [5.74, 6) is -2.05. The molecule has 3 aliphatic heterocycles. The summed E-state index contributed by atoms with van der Waals surface area (Å²) < 4.78 is 12.3. The topological polar surface area (TPSA) is 84.9 Å². The molecule has 2 saturated heterocycles. The van der Waals surface area contributed by atoms with Crippen molar-refractivity contribution in [3.05, 3.63) is 69.1 Å². The molecule has 3 heterocycles. The summed E-state index contributed by atoms with van der Waals surface area (Å²) in [6.07, 6.45) is 3.05. The molecular weight excluding hydrogens is 535 g/mol. The molecule has 3 aliphatic rings. The van der Waals surface area contributed by atoms with Gasteiger partial charge in [-0.05, 0) is 42.5 Å². The average molecular weight is 552 g/mol. The minimum Gasteiger partial charge on any atom is -0.482 e. The number of nitrogens with zero attached hydrogens (tertiary/aromatic N) is 1. The molecule has 10 heteroatoms. The predicted molar refractivity (Wildman–Crippen MR) is 125 cm³/mol. The van der Waals surface area contributed by atoms with E-state index >= 15 is 0 Å². The number of anilines is 1. The number of halogens is 3. The third-order valence-corrected chi connectivity index (χ3v) is 7.11. The maximum atomic E-state index is 13.3. The first-order valence-corrected chi connectivity index (χ1v) is 11.7. The van der Waals surface area contributed by atoms with Crippen molar-refractivity contribution < 1.29 is 23.9 Å². The Morgan fingerprint density at radius 1 is 1.15 bits per heavy atom. The monoisotopic (exact) mass is 550 g/mol. The van der Waals surface area contributed by atoms with Gasteiger partial charge in [0.1, 0.15) is 11.4 Å². The number of carbonyl (C=O) groups excluding carboxylic acids is 3. The third-order valence-electron chi connectivity index (χ3n) is 6.05. The van der Waals surface area contributed by atoms with Crippen LogP contribution in [0.15, 0.2) is 59.1 Å². The molecule has 0 unspecified atom stereocenters. The number of nitrogens with one attached hydrogen (secondary N) is 1. The van der Waals surface area contributed by atoms with Gasteiger partial charge in [-0.1, -0.05) is 51.3 Å². The van der Waals surface area contributed by atoms with Gasteiger partial charge in [0, 0.05) is 9.50 Å². The molecule has 2 aromatic rings. The van der Waals surface area contributed by atoms with Crippen LogP contribution in [0.1, 0.15) is 0 Å². The Morgan fingerprint density at radius 3 is 2.64 bits per heavy atom. The van der Waals surface area contributed by atoms with Crippen molar-refractivity contribution in [1.82, 2.24) is 5.32 Å². The molecule has 4 atom stereocenters. The standard InChI is InChI=1S/C23H17BrCl2N2O5/c24-12-1-4-14(5-2-12)28-21(30)19-17-7-8-23(33-17,20(19)22(28)31)11-27-18(29)10-32-16-6-3-13(25)9-15(16)26/h1-9,17,19-20H,10-11H2,(H,27,29)/t17-,19+,20-,23-/m1/s1. The maximum Gasteiger partial charge on any atom is 0.258 e. The van der Waals surface area contributed by atoms with Crippen molar-refractivity contribution in [2.45, 2.75) is 11.7 Å². The highest BCUT2D eigenvalue weighted by Crippen LogP contribution is 2.52. The van der Waals surface area contributed by atoms with Crippen LogP contribution < -0.4 is 15.0 Å². The highest BCUT2D eigenvalue weighted by atomic mass is 79.9. The molecule has 7 nitrogen and oxygen atoms in total. The molecule has 2 aromatic carbocycles. The predicted octanol–water partition coefficient (Wildman–Crippen LogP) is 3.76. The highest BCUT2D eigenvalue weighted by Gasteiger charge is 2.67. The van der Waals surface area contributed by atoms with Crippen LogP contribution in [0.2, 0.25) is 10.0 Å². The van der Waals surface area contributed by atoms with Crippen LogP contribution in [-0.2, 0) is 19.1 Å². The zero-order valence-corrected chi connectivity index (χ0v) is 20.1. The van der Waals surface area contributed by atoms with Crippen molar-refractivity contribution in [2.75, 3.05) is 18.1 Å². The summed E-state index contributed by atoms with van der Waals surface area (Å²) in [7, 11) is 0. The number of hydrogen-bond donors (Lipinski definition) is 1. The molecule has 33 heavy (non-hydrogen) atoms. The quantitative estimate of drug-likeness (QED) is 0.436. The van der Waals surface area contributed by atoms with E-state index < -0.39 is 29.4 Å². The maximum absolute atomic E-state index is 13.3. The molecule has 3 amide bonds. The second-order valence-corrected chi connectivity index (χ2v) is 9.79. The number of benzene rings is 2. The van der Waals surface area contributed by atoms with Gasteiger partial charge in [0.25, 0.3) is 5.91 Å². The van der Waals surface area contributed by atoms with Crippen molar-refractivity contribution >= 4 is 62.5 Å². The first kappa shape index (κ1) is 22.4. The van der Waals surface area contributed by atoms with E-state index in [0.29, 0.717) is 21.5 Å². The van der Waals surface area contributed by atoms with Gasteiger partial charge in [-0.3, -0.25) is 14.4 Å². The summed E-state index contributed by atoms with van der Waals surface area (Å²) in [5, 5.41) is 3.51. The lowest BCUT2D eigenvalue weighted by atomic mass is 9.77. The Balaban J connectivity index is 1.27. The van der Waals surface area contributed by atoms with E-state index in [1.165, 1.54) is 11.0 Å². The Hall–Kier alpha value is -2.39. The molecule has 1 N–H and O–H groups in total. The minimum atomic E-state index is -1.08. The van der Waals surface area contributed by atoms with Gasteiger partial charge >= 0.3 is 0 Å². The molecule has 2 fully saturated rings. The largest absolute Gasteiger partial charge is 0.482 e. The van der Waals surface area contributed by atoms with Gasteiger partial charge in [0.15, 0.2) is 6.61 Å². The van der Waals surface area contributed by atoms with Crippen molar-refractivity contribution in [1.29, 1.82) is 0 Å². The fraction of sp³-hybridized carbons (Fsp3) is 0.261. The van der Waals surface area contributed by atoms with E-state index in [4.69, 9.17) is 32.7 Å². The Morgan fingerprint density at radius 2 is 1.91 bits per heavy atom. The van der Waals surface area contributed by atoms with Gasteiger partial charge < -0.3 is 14.8 Å². The normalized spacial score (nSPS) is 27.2. The zero-order chi connectivity index (χ0) is 23.3. The second kappa shape index (κ2) is 8.43. The van der Waals surface area contributed by atoms with E-state index in [0.717, 1.165) is 4.47 Å². The van der Waals surface area contributed by atoms with Crippen LogP contribution in [0, 0.1) is 11.8 Å². The molecule has 0 saturated carbocycles. The number of imide groups is 1. The van der Waals surface area contributed by atoms with E-state index in [-0.39, 0.29) is 25.0 Å². The number of amides is 3. The molecule has 5 rings (SSSR count). The van der Waals surface area contributed by atoms with Gasteiger partial charge in [0.2, 0.25) is 11.8 Å². The Labute approximate surface area is 207 Å². The summed E-state index contributed by atoms with van der Waals surface area (Å²) in [4.78, 5) is 40.1. The van der Waals surface area contributed by atoms with Crippen LogP contribution in [0.3, 0.4) is 0 Å². The lowest BCUT2D eigenvalue weighted by Crippen LogP contribution is -2.49. The van der Waals surface area contributed by atoms with Gasteiger partial charge in [-0.15, -0.1) is 0 Å². The average Bonchev–Trinajstić information content (AvgIpc) is 3.43. The van der Waals surface area contributed by atoms with Gasteiger partial charge in [-0.2, -0.15) is 0 Å². The summed E-state index contributed by atoms with van der Waals surface area (Å²) in [6.45, 7) is -0.249. The minimum absolute atomic E-state index is 0.0326. The second-order valence-electron chi connectivity index (χ2n) is 8.03. The van der Waals surface area contributed by atoms with E-state index in [1.807, 2.05) is 0 Å². The van der Waals surface area contributed by atoms with E-state index in [2.05, 4.69) is 21.2 Å². The van der Waals surface area contributed by atoms with Gasteiger partial charge in [0.05, 0.1) is 35.2 Å². The molecule has 0 spiro atoms. The molecule has 0 radical (unpaired) electrons. The van der Waals surface area contributed by atoms with E-state index in [9.17, 15) is 14.4 Å². The van der Waals surface area contributed by atoms with Gasteiger partial charge in [-0.25, -0.2) is 4.90 Å². The first-order valence-electron chi connectivity index (χ1n) is 10.1. The zero-order valence-electron chi connectivity index (χ0n) is 17.0. The van der Waals surface area contributed by atoms with Crippen LogP contribution >= 0.6 is 39.1 Å². The number of fused-ring (bicyclic) bond motifs is 5. The fourth-order valence-electron chi connectivity index (χ4n) is 4.57. The van der Waals surface area contributed by atoms with Crippen LogP contribution in [0.25, 0.3) is 0 Å². The van der Waals surface area contributed by atoms with Crippen molar-refractivity contribution in [3.63, 3.8) is 0 Å². The summed E-state index contributed by atoms with van der Waals surface area (Å²) in [6, 6.07) is 11.7. The summed E-state index contributed by atoms with van der Waals surface area (Å²) >= 11 is 15.3. The number of hydrogen-bond acceptors (Lipinski definition) is 5. The number of carbonyl (C=O) groups is 3. The highest BCUT2D eigenvalue weighted by molar-refractivity contribution is 9.10. The first-order chi connectivity index (χ1) is 15.8. The smallest absolute Gasteiger partial charge is 0.258 e. The van der Waals surface area contributed by atoms with Crippen molar-refractivity contribution in [3.8, 4) is 5.75 Å². The Bertz CT molecular complexity index is 1190. The lowest BCUT2D eigenvalue weighted by Gasteiger charge is -2.29. The Kier molecular flexibility index (Phi) is 5.73. The molecule has 170 valence electrons. The molecule has 0 aromatic heterocycles. The van der Waals surface area contributed by atoms with E-state index in [1.54, 1.807) is 48.6 Å². The number of ether oxygens (including phenoxy) is 2. The molecule has 2 bridgehead atoms. The summed E-state index contributed by atoms with van der Waals surface area (Å²) in [5.41, 5.74) is -0.575. The third kappa shape index (κ3) is 3.85. The van der Waals surface area contributed by atoms with Crippen LogP contribution in [-0.4, -0.2) is 42.6 Å². The van der Waals surface area contributed by atoms with Crippen LogP contribution in [0.5, 0.6) is 5.75 Å². The fourth-order valence-corrected chi connectivity index (χ4v) is 5.30. The molecular formula is C23H17BrCl2N2O5. The number of rotatable bonds is 6. The van der Waals surface area contributed by atoms with Crippen molar-refractivity contribution in [2.24, 2.45) is 11.8 Å². The SMILES string of the molecule is O=C(COc1ccc(Cl)cc1Cl)NC[C@@]12C=C[C@@H](O1)[C@@H]1C(=O)N(c3ccc(Br)cc3)C(=O)[C@@H]12.